The second kappa shape index (κ2) is 4.67. The van der Waals surface area contributed by atoms with Crippen LogP contribution in [0.2, 0.25) is 10.0 Å². The minimum absolute atomic E-state index is 0.0308. The van der Waals surface area contributed by atoms with Gasteiger partial charge in [0.25, 0.3) is 0 Å². The van der Waals surface area contributed by atoms with E-state index in [1.54, 1.807) is 0 Å². The van der Waals surface area contributed by atoms with Crippen molar-refractivity contribution in [1.29, 1.82) is 0 Å². The highest BCUT2D eigenvalue weighted by atomic mass is 35.5. The first-order valence-electron chi connectivity index (χ1n) is 5.03. The lowest BCUT2D eigenvalue weighted by atomic mass is 9.53. The summed E-state index contributed by atoms with van der Waals surface area (Å²) in [5.41, 5.74) is -0.0616. The predicted molar refractivity (Wildman–Crippen MR) is 70.1 cm³/mol. The van der Waals surface area contributed by atoms with E-state index in [1.807, 2.05) is 0 Å². The maximum Gasteiger partial charge on any atom is 0.361 e. The molecular weight excluding hydrogens is 264 g/mol. The van der Waals surface area contributed by atoms with Gasteiger partial charge >= 0.3 is 6.70 Å². The summed E-state index contributed by atoms with van der Waals surface area (Å²) < 4.78 is 28.3. The van der Waals surface area contributed by atoms with Crippen LogP contribution in [-0.2, 0) is 0 Å². The Morgan fingerprint density at radius 3 is 1.24 bits per heavy atom. The van der Waals surface area contributed by atoms with Crippen molar-refractivity contribution in [3.8, 4) is 0 Å². The molecule has 0 N–H and O–H groups in total. The average Bonchev–Trinajstić information content (AvgIpc) is 2.30. The van der Waals surface area contributed by atoms with Crippen molar-refractivity contribution in [3.05, 3.63) is 58.6 Å². The summed E-state index contributed by atoms with van der Waals surface area (Å²) in [4.78, 5) is 0. The van der Waals surface area contributed by atoms with Crippen molar-refractivity contribution in [1.82, 2.24) is 0 Å². The number of hydrogen-bond acceptors (Lipinski definition) is 0. The van der Waals surface area contributed by atoms with Crippen molar-refractivity contribution in [3.63, 3.8) is 0 Å². The van der Waals surface area contributed by atoms with Gasteiger partial charge in [0, 0.05) is 10.0 Å². The molecule has 0 saturated heterocycles. The lowest BCUT2D eigenvalue weighted by Gasteiger charge is -2.25. The largest absolute Gasteiger partial charge is 0.469 e. The molecule has 0 nitrogen and oxygen atoms in total. The van der Waals surface area contributed by atoms with Crippen molar-refractivity contribution >= 4 is 40.8 Å². The second-order valence-electron chi connectivity index (χ2n) is 3.77. The normalized spacial score (nSPS) is 11.5. The molecule has 88 valence electrons. The quantitative estimate of drug-likeness (QED) is 0.734. The molecule has 2 aromatic carbocycles. The Morgan fingerprint density at radius 2 is 0.941 bits per heavy atom. The molecule has 17 heavy (non-hydrogen) atoms. The molecule has 0 fully saturated rings. The highest BCUT2D eigenvalue weighted by Gasteiger charge is 2.27. The highest BCUT2D eigenvalue weighted by Crippen LogP contribution is 2.13. The molecule has 0 aliphatic carbocycles. The van der Waals surface area contributed by atoms with E-state index < -0.39 is 6.70 Å². The lowest BCUT2D eigenvalue weighted by molar-refractivity contribution is 0.654. The van der Waals surface area contributed by atoms with E-state index in [0.29, 0.717) is 10.0 Å². The zero-order valence-electron chi connectivity index (χ0n) is 8.71. The Balaban J connectivity index is 2.41. The Hall–Kier alpha value is -1.06. The number of halogens is 4. The van der Waals surface area contributed by atoms with E-state index in [-0.39, 0.29) is 10.9 Å². The minimum Gasteiger partial charge on any atom is -0.469 e. The Kier molecular flexibility index (Phi) is 3.41. The monoisotopic (exact) mass is 271 g/mol. The maximum absolute atomic E-state index is 14.1. The number of hydrogen-bond donors (Lipinski definition) is 0. The standard InChI is InChI=1S/C12H8BCl2F2/c14-11-5-1-9(2-6-11)13(16,17)10-3-7-12(15)8-4-10/h1-8H/q-1. The molecule has 2 rings (SSSR count). The summed E-state index contributed by atoms with van der Waals surface area (Å²) in [5, 5.41) is 0.882. The predicted octanol–water partition coefficient (Wildman–Crippen LogP) is 3.49. The van der Waals surface area contributed by atoms with Gasteiger partial charge in [-0.15, -0.1) is 10.9 Å². The van der Waals surface area contributed by atoms with Crippen molar-refractivity contribution in [2.75, 3.05) is 0 Å². The molecule has 2 aromatic rings. The van der Waals surface area contributed by atoms with Gasteiger partial charge in [0.1, 0.15) is 0 Å². The first-order chi connectivity index (χ1) is 8.00. The zero-order valence-corrected chi connectivity index (χ0v) is 10.2. The summed E-state index contributed by atoms with van der Waals surface area (Å²) in [6, 6.07) is 11.2. The lowest BCUT2D eigenvalue weighted by Crippen LogP contribution is -2.50. The van der Waals surface area contributed by atoms with Crippen molar-refractivity contribution < 1.29 is 8.63 Å². The zero-order chi connectivity index (χ0) is 12.5. The summed E-state index contributed by atoms with van der Waals surface area (Å²) in [6.07, 6.45) is 0. The molecule has 0 heterocycles. The highest BCUT2D eigenvalue weighted by molar-refractivity contribution is 6.91. The van der Waals surface area contributed by atoms with E-state index in [1.165, 1.54) is 48.5 Å². The smallest absolute Gasteiger partial charge is 0.361 e. The first-order valence-corrected chi connectivity index (χ1v) is 5.79. The van der Waals surface area contributed by atoms with Crippen molar-refractivity contribution in [2.24, 2.45) is 0 Å². The van der Waals surface area contributed by atoms with E-state index in [4.69, 9.17) is 23.2 Å². The third-order valence-electron chi connectivity index (χ3n) is 2.58. The molecule has 0 bridgehead atoms. The molecule has 5 heteroatoms. The maximum atomic E-state index is 14.1. The van der Waals surface area contributed by atoms with Gasteiger partial charge in [-0.2, -0.15) is 0 Å². The fourth-order valence-corrected chi connectivity index (χ4v) is 1.85. The van der Waals surface area contributed by atoms with E-state index in [9.17, 15) is 8.63 Å². The summed E-state index contributed by atoms with van der Waals surface area (Å²) >= 11 is 11.3. The third kappa shape index (κ3) is 2.62. The van der Waals surface area contributed by atoms with Gasteiger partial charge in [0.2, 0.25) is 0 Å². The fraction of sp³-hybridized carbons (Fsp3) is 0. The van der Waals surface area contributed by atoms with Gasteiger partial charge in [0.15, 0.2) is 0 Å². The minimum atomic E-state index is -3.75. The Labute approximate surface area is 108 Å². The Morgan fingerprint density at radius 1 is 0.647 bits per heavy atom. The molecule has 0 amide bonds. The molecule has 0 aromatic heterocycles. The van der Waals surface area contributed by atoms with Crippen LogP contribution in [-0.4, -0.2) is 6.70 Å². The molecular formula is C12H8BCl2F2-. The van der Waals surface area contributed by atoms with E-state index in [2.05, 4.69) is 0 Å². The van der Waals surface area contributed by atoms with Crippen LogP contribution in [0.1, 0.15) is 0 Å². The molecule has 0 unspecified atom stereocenters. The van der Waals surface area contributed by atoms with Gasteiger partial charge < -0.3 is 8.63 Å². The SMILES string of the molecule is F[B-](F)(c1ccc(Cl)cc1)c1ccc(Cl)cc1. The molecule has 0 saturated carbocycles. The van der Waals surface area contributed by atoms with Gasteiger partial charge in [-0.3, -0.25) is 0 Å². The van der Waals surface area contributed by atoms with Crippen LogP contribution < -0.4 is 10.9 Å². The fourth-order valence-electron chi connectivity index (χ4n) is 1.60. The number of benzene rings is 2. The van der Waals surface area contributed by atoms with E-state index >= 15 is 0 Å². The molecule has 0 atom stereocenters. The van der Waals surface area contributed by atoms with Gasteiger partial charge in [0.05, 0.1) is 0 Å². The van der Waals surface area contributed by atoms with Crippen LogP contribution >= 0.6 is 23.2 Å². The molecule has 0 aliphatic heterocycles. The van der Waals surface area contributed by atoms with Gasteiger partial charge in [-0.1, -0.05) is 47.5 Å². The second-order valence-corrected chi connectivity index (χ2v) is 4.64. The summed E-state index contributed by atoms with van der Waals surface area (Å²) in [5.74, 6) is 0. The van der Waals surface area contributed by atoms with Crippen LogP contribution in [0.25, 0.3) is 0 Å². The molecule has 0 aliphatic rings. The summed E-state index contributed by atoms with van der Waals surface area (Å²) in [6.45, 7) is -3.75. The first kappa shape index (κ1) is 12.4. The van der Waals surface area contributed by atoms with Crippen LogP contribution in [0.4, 0.5) is 8.63 Å². The van der Waals surface area contributed by atoms with Crippen LogP contribution in [0.5, 0.6) is 0 Å². The van der Waals surface area contributed by atoms with E-state index in [0.717, 1.165) is 0 Å². The Bertz CT molecular complexity index is 462. The van der Waals surface area contributed by atoms with Gasteiger partial charge in [-0.25, -0.2) is 0 Å². The van der Waals surface area contributed by atoms with Crippen LogP contribution in [0.15, 0.2) is 48.5 Å². The van der Waals surface area contributed by atoms with Gasteiger partial charge in [-0.05, 0) is 24.3 Å². The average molecular weight is 272 g/mol. The van der Waals surface area contributed by atoms with Crippen LogP contribution in [0.3, 0.4) is 0 Å². The van der Waals surface area contributed by atoms with Crippen molar-refractivity contribution in [2.45, 2.75) is 0 Å². The topological polar surface area (TPSA) is 0 Å². The summed E-state index contributed by atoms with van der Waals surface area (Å²) in [7, 11) is 0. The molecule has 0 radical (unpaired) electrons. The third-order valence-corrected chi connectivity index (χ3v) is 3.08. The van der Waals surface area contributed by atoms with Crippen LogP contribution in [0, 0.1) is 0 Å². The number of rotatable bonds is 2. The molecule has 0 spiro atoms.